The van der Waals surface area contributed by atoms with Crippen LogP contribution in [-0.2, 0) is 9.53 Å². The third-order valence-corrected chi connectivity index (χ3v) is 4.26. The van der Waals surface area contributed by atoms with Gasteiger partial charge in [-0.1, -0.05) is 13.8 Å². The van der Waals surface area contributed by atoms with Gasteiger partial charge in [0, 0.05) is 18.8 Å². The van der Waals surface area contributed by atoms with E-state index in [4.69, 9.17) is 9.84 Å². The number of aliphatic carboxylic acids is 1. The van der Waals surface area contributed by atoms with Gasteiger partial charge in [0.2, 0.25) is 0 Å². The Hall–Kier alpha value is -1.89. The highest BCUT2D eigenvalue weighted by Gasteiger charge is 2.28. The molecule has 23 heavy (non-hydrogen) atoms. The van der Waals surface area contributed by atoms with Gasteiger partial charge in [-0.05, 0) is 25.8 Å². The molecule has 1 atom stereocenters. The lowest BCUT2D eigenvalue weighted by atomic mass is 10.2. The number of carboxylic acids is 1. The molecule has 1 unspecified atom stereocenters. The summed E-state index contributed by atoms with van der Waals surface area (Å²) in [6, 6.07) is 2.10. The summed E-state index contributed by atoms with van der Waals surface area (Å²) in [4.78, 5) is 25.1. The van der Waals surface area contributed by atoms with Crippen molar-refractivity contribution in [1.82, 2.24) is 14.7 Å². The molecule has 1 saturated heterocycles. The number of nitrogens with zero attached hydrogens (tertiary/aromatic N) is 3. The molecule has 1 aromatic heterocycles. The van der Waals surface area contributed by atoms with E-state index in [2.05, 4.69) is 18.9 Å². The minimum absolute atomic E-state index is 0.0923. The van der Waals surface area contributed by atoms with Crippen LogP contribution in [0.25, 0.3) is 0 Å². The normalized spacial score (nSPS) is 18.4. The van der Waals surface area contributed by atoms with E-state index < -0.39 is 12.1 Å². The highest BCUT2D eigenvalue weighted by molar-refractivity contribution is 5.92. The molecule has 0 aliphatic carbocycles. The SMILES string of the molecule is CCC(CC)n1nc(C(=O)N2CCOC(CC(=O)O)C2)cc1C. The molecule has 7 nitrogen and oxygen atoms in total. The number of aromatic nitrogens is 2. The predicted octanol–water partition coefficient (Wildman–Crippen LogP) is 1.87. The maximum atomic E-state index is 12.6. The minimum atomic E-state index is -0.918. The van der Waals surface area contributed by atoms with Gasteiger partial charge in [0.1, 0.15) is 0 Å². The lowest BCUT2D eigenvalue weighted by molar-refractivity contribution is -0.141. The molecule has 1 aliphatic heterocycles. The number of morpholine rings is 1. The van der Waals surface area contributed by atoms with E-state index in [1.165, 1.54) is 0 Å². The molecule has 0 saturated carbocycles. The summed E-state index contributed by atoms with van der Waals surface area (Å²) in [5.41, 5.74) is 1.39. The second-order valence-electron chi connectivity index (χ2n) is 5.93. The van der Waals surface area contributed by atoms with Crippen molar-refractivity contribution in [3.8, 4) is 0 Å². The van der Waals surface area contributed by atoms with Crippen LogP contribution in [0.15, 0.2) is 6.07 Å². The summed E-state index contributed by atoms with van der Waals surface area (Å²) in [5, 5.41) is 13.3. The van der Waals surface area contributed by atoms with E-state index >= 15 is 0 Å². The maximum absolute atomic E-state index is 12.6. The van der Waals surface area contributed by atoms with Crippen LogP contribution in [-0.4, -0.2) is 57.5 Å². The topological polar surface area (TPSA) is 84.7 Å². The highest BCUT2D eigenvalue weighted by atomic mass is 16.5. The fourth-order valence-electron chi connectivity index (χ4n) is 2.98. The zero-order valence-corrected chi connectivity index (χ0v) is 14.0. The molecule has 0 radical (unpaired) electrons. The van der Waals surface area contributed by atoms with Crippen molar-refractivity contribution in [3.63, 3.8) is 0 Å². The van der Waals surface area contributed by atoms with Crippen molar-refractivity contribution < 1.29 is 19.4 Å². The molecule has 0 bridgehead atoms. The first-order chi connectivity index (χ1) is 11.0. The molecular weight excluding hydrogens is 298 g/mol. The summed E-state index contributed by atoms with van der Waals surface area (Å²) < 4.78 is 7.33. The van der Waals surface area contributed by atoms with Gasteiger partial charge in [0.05, 0.1) is 25.2 Å². The summed E-state index contributed by atoms with van der Waals surface area (Å²) in [5.74, 6) is -1.07. The van der Waals surface area contributed by atoms with Crippen molar-refractivity contribution in [3.05, 3.63) is 17.5 Å². The Morgan fingerprint density at radius 3 is 2.74 bits per heavy atom. The van der Waals surface area contributed by atoms with E-state index in [0.717, 1.165) is 18.5 Å². The minimum Gasteiger partial charge on any atom is -0.481 e. The van der Waals surface area contributed by atoms with Gasteiger partial charge >= 0.3 is 5.97 Å². The number of carboxylic acid groups (broad SMARTS) is 1. The zero-order chi connectivity index (χ0) is 17.0. The van der Waals surface area contributed by atoms with E-state index in [1.807, 2.05) is 17.7 Å². The van der Waals surface area contributed by atoms with Crippen LogP contribution in [0.1, 0.15) is 55.3 Å². The van der Waals surface area contributed by atoms with Gasteiger partial charge in [-0.3, -0.25) is 14.3 Å². The molecule has 1 fully saturated rings. The Balaban J connectivity index is 2.11. The smallest absolute Gasteiger partial charge is 0.306 e. The van der Waals surface area contributed by atoms with Gasteiger partial charge in [-0.2, -0.15) is 5.10 Å². The Bertz CT molecular complexity index is 566. The molecule has 1 aromatic rings. The zero-order valence-electron chi connectivity index (χ0n) is 14.0. The van der Waals surface area contributed by atoms with Crippen LogP contribution in [0.3, 0.4) is 0 Å². The summed E-state index contributed by atoms with van der Waals surface area (Å²) in [6.07, 6.45) is 1.38. The lowest BCUT2D eigenvalue weighted by Gasteiger charge is -2.31. The molecule has 0 spiro atoms. The van der Waals surface area contributed by atoms with E-state index in [1.54, 1.807) is 4.90 Å². The Morgan fingerprint density at radius 2 is 2.13 bits per heavy atom. The van der Waals surface area contributed by atoms with Crippen molar-refractivity contribution in [1.29, 1.82) is 0 Å². The average molecular weight is 323 g/mol. The van der Waals surface area contributed by atoms with Crippen molar-refractivity contribution in [2.75, 3.05) is 19.7 Å². The third-order valence-electron chi connectivity index (χ3n) is 4.26. The molecule has 7 heteroatoms. The largest absolute Gasteiger partial charge is 0.481 e. The van der Waals surface area contributed by atoms with Crippen LogP contribution in [0.2, 0.25) is 0 Å². The van der Waals surface area contributed by atoms with E-state index in [-0.39, 0.29) is 12.3 Å². The molecule has 1 N–H and O–H groups in total. The molecule has 2 rings (SSSR count). The number of ether oxygens (including phenoxy) is 1. The van der Waals surface area contributed by atoms with E-state index in [0.29, 0.717) is 31.4 Å². The summed E-state index contributed by atoms with van der Waals surface area (Å²) in [6.45, 7) is 7.28. The Kier molecular flexibility index (Phi) is 5.76. The fraction of sp³-hybridized carbons (Fsp3) is 0.688. The summed E-state index contributed by atoms with van der Waals surface area (Å²) >= 11 is 0. The monoisotopic (exact) mass is 323 g/mol. The van der Waals surface area contributed by atoms with Crippen LogP contribution in [0.4, 0.5) is 0 Å². The number of hydrogen-bond donors (Lipinski definition) is 1. The average Bonchev–Trinajstić information content (AvgIpc) is 2.89. The predicted molar refractivity (Wildman–Crippen MR) is 84.5 cm³/mol. The molecule has 2 heterocycles. The van der Waals surface area contributed by atoms with Gasteiger partial charge in [-0.25, -0.2) is 0 Å². The first-order valence-electron chi connectivity index (χ1n) is 8.15. The second kappa shape index (κ2) is 7.59. The molecule has 0 aromatic carbocycles. The maximum Gasteiger partial charge on any atom is 0.306 e. The van der Waals surface area contributed by atoms with E-state index in [9.17, 15) is 9.59 Å². The third kappa shape index (κ3) is 4.10. The molecule has 1 aliphatic rings. The number of aryl methyl sites for hydroxylation is 1. The first-order valence-corrected chi connectivity index (χ1v) is 8.15. The van der Waals surface area contributed by atoms with Crippen LogP contribution in [0, 0.1) is 6.92 Å². The van der Waals surface area contributed by atoms with Gasteiger partial charge in [0.15, 0.2) is 5.69 Å². The lowest BCUT2D eigenvalue weighted by Crippen LogP contribution is -2.46. The van der Waals surface area contributed by atoms with Gasteiger partial charge in [-0.15, -0.1) is 0 Å². The van der Waals surface area contributed by atoms with Gasteiger partial charge < -0.3 is 14.7 Å². The quantitative estimate of drug-likeness (QED) is 0.864. The molecule has 1 amide bonds. The van der Waals surface area contributed by atoms with Crippen LogP contribution in [0.5, 0.6) is 0 Å². The number of amides is 1. The highest BCUT2D eigenvalue weighted by Crippen LogP contribution is 2.19. The standard InChI is InChI=1S/C16H25N3O4/c1-4-12(5-2)19-11(3)8-14(17-19)16(22)18-6-7-23-13(10-18)9-15(20)21/h8,12-13H,4-7,9-10H2,1-3H3,(H,20,21). The van der Waals surface area contributed by atoms with Crippen LogP contribution < -0.4 is 0 Å². The summed E-state index contributed by atoms with van der Waals surface area (Å²) in [7, 11) is 0. The van der Waals surface area contributed by atoms with Crippen molar-refractivity contribution >= 4 is 11.9 Å². The Morgan fingerprint density at radius 1 is 1.43 bits per heavy atom. The first kappa shape index (κ1) is 17.5. The van der Waals surface area contributed by atoms with Crippen LogP contribution >= 0.6 is 0 Å². The molecular formula is C16H25N3O4. The fourth-order valence-corrected chi connectivity index (χ4v) is 2.98. The second-order valence-corrected chi connectivity index (χ2v) is 5.93. The van der Waals surface area contributed by atoms with Gasteiger partial charge in [0.25, 0.3) is 5.91 Å². The number of carbonyl (C=O) groups excluding carboxylic acids is 1. The number of rotatable bonds is 6. The van der Waals surface area contributed by atoms with Crippen molar-refractivity contribution in [2.45, 2.75) is 52.2 Å². The molecule has 128 valence electrons. The number of hydrogen-bond acceptors (Lipinski definition) is 4. The van der Waals surface area contributed by atoms with Crippen molar-refractivity contribution in [2.24, 2.45) is 0 Å². The number of carbonyl (C=O) groups is 2. The Labute approximate surface area is 136 Å².